The summed E-state index contributed by atoms with van der Waals surface area (Å²) in [5.74, 6) is -0.00731. The number of aromatic nitrogens is 3. The van der Waals surface area contributed by atoms with E-state index in [1.54, 1.807) is 88.8 Å². The van der Waals surface area contributed by atoms with Crippen LogP contribution in [0.3, 0.4) is 0 Å². The molecule has 9 aliphatic heterocycles. The summed E-state index contributed by atoms with van der Waals surface area (Å²) >= 11 is 10.5. The zero-order chi connectivity index (χ0) is 76.4. The number of nitrogens with zero attached hydrogens (tertiary/aromatic N) is 6. The van der Waals surface area contributed by atoms with E-state index in [0.717, 1.165) is 206 Å². The average molecular weight is 1620 g/mol. The molecule has 6 saturated heterocycles. The minimum absolute atomic E-state index is 0.00731. The number of hydrogen-bond donors (Lipinski definition) is 6. The number of anilines is 6. The minimum atomic E-state index is -0.212. The lowest BCUT2D eigenvalue weighted by atomic mass is 10.1. The quantitative estimate of drug-likeness (QED) is 0.0498. The molecule has 6 N–H and O–H groups in total. The van der Waals surface area contributed by atoms with Crippen molar-refractivity contribution in [3.8, 4) is 33.8 Å². The Morgan fingerprint density at radius 3 is 0.991 bits per heavy atom. The fourth-order valence-corrected chi connectivity index (χ4v) is 22.2. The molecule has 12 heterocycles. The van der Waals surface area contributed by atoms with Gasteiger partial charge in [0, 0.05) is 231 Å². The van der Waals surface area contributed by atoms with E-state index in [1.807, 2.05) is 25.1 Å². The molecule has 3 aromatic heterocycles. The van der Waals surface area contributed by atoms with Crippen LogP contribution >= 0.6 is 70.6 Å². The molecule has 0 saturated carbocycles. The Morgan fingerprint density at radius 2 is 0.652 bits per heavy atom. The Morgan fingerprint density at radius 1 is 0.348 bits per heavy atom. The molecule has 3 atom stereocenters. The number of nitrogens with one attached hydrogen (secondary N) is 6. The molecule has 22 nitrogen and oxygen atoms in total. The summed E-state index contributed by atoms with van der Waals surface area (Å²) in [6.07, 6.45) is 0. The smallest absolute Gasteiger partial charge is 0.250 e. The van der Waals surface area contributed by atoms with Crippen molar-refractivity contribution in [2.75, 3.05) is 202 Å². The third-order valence-electron chi connectivity index (χ3n) is 21.3. The van der Waals surface area contributed by atoms with Crippen molar-refractivity contribution in [3.05, 3.63) is 177 Å². The highest BCUT2D eigenvalue weighted by Gasteiger charge is 2.30. The maximum atomic E-state index is 12.9. The second-order valence-corrected chi connectivity index (χ2v) is 35.1. The SMILES string of the molecule is CC(C(=O)Nc1ccc2c(c1)Sc1cccc(-c3cc(N4CCOCC4)cc(=O)[nH]3)c1S2)N1CCOCC1.CC(CNc1ccc2c(c1)Sc1cccc(-c3cc(N4CCOCC4)cc(=O)[nH]3)c1S2)N1CCOCC1.CC(CNc1ccc2c(c1)Sc1cccc(-c3cc(N4CCOCC4)cc(=O)[nH]3)c1S2)N1CCOCC1. The third-order valence-corrected chi connectivity index (χ3v) is 29.1. The van der Waals surface area contributed by atoms with Gasteiger partial charge in [-0.1, -0.05) is 107 Å². The average Bonchev–Trinajstić information content (AvgIpc) is 0.778. The Hall–Kier alpha value is -7.62. The van der Waals surface area contributed by atoms with Gasteiger partial charge in [-0.3, -0.25) is 33.9 Å². The fraction of sp³-hybridized carbons (Fsp3) is 0.381. The molecule has 0 bridgehead atoms. The molecular formula is C84H94N12O10S6. The molecule has 6 aromatic carbocycles. The normalized spacial score (nSPS) is 18.6. The number of hydrogen-bond acceptors (Lipinski definition) is 24. The molecule has 1 amide bonds. The molecule has 586 valence electrons. The molecule has 0 spiro atoms. The van der Waals surface area contributed by atoms with E-state index in [4.69, 9.17) is 28.4 Å². The summed E-state index contributed by atoms with van der Waals surface area (Å²) in [4.78, 5) is 88.0. The van der Waals surface area contributed by atoms with Crippen molar-refractivity contribution in [1.82, 2.24) is 29.7 Å². The number of fused-ring (bicyclic) bond motifs is 6. The van der Waals surface area contributed by atoms with Crippen LogP contribution in [0.2, 0.25) is 0 Å². The lowest BCUT2D eigenvalue weighted by molar-refractivity contribution is -0.122. The topological polar surface area (TPSA) is 227 Å². The van der Waals surface area contributed by atoms with Crippen LogP contribution in [0, 0.1) is 0 Å². The Labute approximate surface area is 678 Å². The van der Waals surface area contributed by atoms with E-state index in [1.165, 1.54) is 39.2 Å². The van der Waals surface area contributed by atoms with Crippen molar-refractivity contribution in [1.29, 1.82) is 0 Å². The summed E-state index contributed by atoms with van der Waals surface area (Å²) in [6.45, 7) is 27.3. The minimum Gasteiger partial charge on any atom is -0.383 e. The van der Waals surface area contributed by atoms with Gasteiger partial charge in [0.1, 0.15) is 0 Å². The van der Waals surface area contributed by atoms with E-state index in [2.05, 4.69) is 183 Å². The standard InChI is InChI=1S/C28H30N4O4S2.2C28H32N4O3S2/c1-18(31-7-11-35-12-8-31)28(34)29-19-5-6-23-25(15-19)37-24-4-2-3-21(27(24)38-23)22-16-20(17-26(33)30-22)32-9-13-36-14-10-32;2*1-19(31-7-11-34-12-8-31)18-29-20-5-6-24-26(15-20)36-25-4-2-3-22(28(25)37-24)23-16-21(17-27(33)30-23)32-9-13-35-14-10-32/h2-6,15-18H,7-14H2,1H3,(H,29,34)(H,30,33);2*2-6,15-17,19,29H,7-14,18H2,1H3,(H,30,33). The molecule has 0 aliphatic carbocycles. The van der Waals surface area contributed by atoms with Gasteiger partial charge in [0.05, 0.1) is 102 Å². The first kappa shape index (κ1) is 78.3. The molecule has 0 radical (unpaired) electrons. The van der Waals surface area contributed by atoms with Gasteiger partial charge in [0.2, 0.25) is 22.6 Å². The first-order valence-corrected chi connectivity index (χ1v) is 43.6. The molecule has 28 heteroatoms. The van der Waals surface area contributed by atoms with E-state index in [-0.39, 0.29) is 28.6 Å². The van der Waals surface area contributed by atoms with Crippen LogP contribution in [0.15, 0.2) is 219 Å². The van der Waals surface area contributed by atoms with Gasteiger partial charge in [0.15, 0.2) is 0 Å². The number of ether oxygens (including phenoxy) is 6. The third kappa shape index (κ3) is 19.0. The van der Waals surface area contributed by atoms with Crippen LogP contribution in [0.25, 0.3) is 33.8 Å². The number of morpholine rings is 6. The number of carbonyl (C=O) groups excluding carboxylic acids is 1. The second-order valence-electron chi connectivity index (χ2n) is 28.7. The van der Waals surface area contributed by atoms with Gasteiger partial charge in [-0.2, -0.15) is 0 Å². The highest BCUT2D eigenvalue weighted by Crippen LogP contribution is 2.55. The number of amides is 1. The summed E-state index contributed by atoms with van der Waals surface area (Å²) < 4.78 is 32.9. The Bertz CT molecular complexity index is 4810. The first-order chi connectivity index (χ1) is 54.8. The van der Waals surface area contributed by atoms with Crippen LogP contribution in [-0.4, -0.2) is 225 Å². The molecule has 112 heavy (non-hydrogen) atoms. The zero-order valence-electron chi connectivity index (χ0n) is 63.2. The van der Waals surface area contributed by atoms with Crippen molar-refractivity contribution in [2.45, 2.75) is 97.6 Å². The molecule has 6 fully saturated rings. The van der Waals surface area contributed by atoms with Crippen LogP contribution in [0.1, 0.15) is 20.8 Å². The van der Waals surface area contributed by atoms with E-state index < -0.39 is 0 Å². The molecular weight excluding hydrogens is 1530 g/mol. The molecule has 3 unspecified atom stereocenters. The largest absolute Gasteiger partial charge is 0.383 e. The zero-order valence-corrected chi connectivity index (χ0v) is 68.1. The van der Waals surface area contributed by atoms with E-state index in [9.17, 15) is 19.2 Å². The summed E-state index contributed by atoms with van der Waals surface area (Å²) in [5, 5.41) is 10.4. The van der Waals surface area contributed by atoms with E-state index >= 15 is 0 Å². The lowest BCUT2D eigenvalue weighted by Gasteiger charge is -2.32. The number of aromatic amines is 3. The van der Waals surface area contributed by atoms with Crippen LogP contribution in [0.4, 0.5) is 34.1 Å². The van der Waals surface area contributed by atoms with Gasteiger partial charge in [0.25, 0.3) is 0 Å². The van der Waals surface area contributed by atoms with Crippen LogP contribution < -0.4 is 47.3 Å². The van der Waals surface area contributed by atoms with Crippen molar-refractivity contribution < 1.29 is 33.2 Å². The Balaban J connectivity index is 0.000000127. The number of benzene rings is 6. The lowest BCUT2D eigenvalue weighted by Crippen LogP contribution is -2.47. The monoisotopic (exact) mass is 1620 g/mol. The van der Waals surface area contributed by atoms with Crippen molar-refractivity contribution in [3.63, 3.8) is 0 Å². The first-order valence-electron chi connectivity index (χ1n) is 38.7. The number of carbonyl (C=O) groups is 1. The van der Waals surface area contributed by atoms with Gasteiger partial charge >= 0.3 is 0 Å². The fourth-order valence-electron chi connectivity index (χ4n) is 15.0. The molecule has 9 aliphatic rings. The number of rotatable bonds is 17. The summed E-state index contributed by atoms with van der Waals surface area (Å²) in [7, 11) is 0. The van der Waals surface area contributed by atoms with Crippen molar-refractivity contribution >= 4 is 111 Å². The van der Waals surface area contributed by atoms with Crippen molar-refractivity contribution in [2.24, 2.45) is 0 Å². The summed E-state index contributed by atoms with van der Waals surface area (Å²) in [6, 6.07) is 50.3. The van der Waals surface area contributed by atoms with E-state index in [0.29, 0.717) is 64.9 Å². The summed E-state index contributed by atoms with van der Waals surface area (Å²) in [5.41, 5.74) is 11.3. The van der Waals surface area contributed by atoms with Gasteiger partial charge in [-0.15, -0.1) is 0 Å². The van der Waals surface area contributed by atoms with Gasteiger partial charge in [-0.05, 0) is 112 Å². The maximum absolute atomic E-state index is 12.9. The van der Waals surface area contributed by atoms with Gasteiger partial charge in [-0.25, -0.2) is 0 Å². The second kappa shape index (κ2) is 36.9. The predicted molar refractivity (Wildman–Crippen MR) is 452 cm³/mol. The molecule has 9 aromatic rings. The maximum Gasteiger partial charge on any atom is 0.250 e. The molecule has 18 rings (SSSR count). The Kier molecular flexibility index (Phi) is 25.8. The van der Waals surface area contributed by atoms with Crippen LogP contribution in [-0.2, 0) is 33.2 Å². The van der Waals surface area contributed by atoms with Crippen LogP contribution in [0.5, 0.6) is 0 Å². The highest BCUT2D eigenvalue weighted by atomic mass is 32.2. The number of H-pyrrole nitrogens is 3. The van der Waals surface area contributed by atoms with Gasteiger partial charge < -0.3 is 74.0 Å². The number of pyridine rings is 3. The highest BCUT2D eigenvalue weighted by molar-refractivity contribution is 8.06. The predicted octanol–water partition coefficient (Wildman–Crippen LogP) is 13.4.